The van der Waals surface area contributed by atoms with E-state index in [1.807, 2.05) is 36.0 Å². The molecule has 0 aliphatic rings. The SMILES string of the molecule is Cc1cc(C)cc(CSCCNc2ccc(Cl)cc2)c1. The highest BCUT2D eigenvalue weighted by Crippen LogP contribution is 2.17. The number of hydrogen-bond acceptors (Lipinski definition) is 2. The Hall–Kier alpha value is -1.12. The second-order valence-electron chi connectivity index (χ2n) is 4.98. The third-order valence-corrected chi connectivity index (χ3v) is 4.25. The van der Waals surface area contributed by atoms with Crippen molar-refractivity contribution in [2.24, 2.45) is 0 Å². The molecule has 0 amide bonds. The smallest absolute Gasteiger partial charge is 0.0407 e. The van der Waals surface area contributed by atoms with Crippen LogP contribution in [0, 0.1) is 13.8 Å². The van der Waals surface area contributed by atoms with Gasteiger partial charge in [0.1, 0.15) is 0 Å². The molecule has 0 saturated heterocycles. The van der Waals surface area contributed by atoms with Crippen LogP contribution in [0.3, 0.4) is 0 Å². The largest absolute Gasteiger partial charge is 0.384 e. The summed E-state index contributed by atoms with van der Waals surface area (Å²) in [7, 11) is 0. The molecule has 1 nitrogen and oxygen atoms in total. The van der Waals surface area contributed by atoms with Crippen LogP contribution in [0.2, 0.25) is 5.02 Å². The highest BCUT2D eigenvalue weighted by atomic mass is 35.5. The van der Waals surface area contributed by atoms with Gasteiger partial charge in [0.2, 0.25) is 0 Å². The first-order valence-electron chi connectivity index (χ1n) is 6.78. The van der Waals surface area contributed by atoms with Gasteiger partial charge < -0.3 is 5.32 Å². The Balaban J connectivity index is 1.70. The first kappa shape index (κ1) is 15.3. The molecule has 0 atom stereocenters. The standard InChI is InChI=1S/C17H20ClNS/c1-13-9-14(2)11-15(10-13)12-20-8-7-19-17-5-3-16(18)4-6-17/h3-6,9-11,19H,7-8,12H2,1-2H3. The molecule has 0 saturated carbocycles. The van der Waals surface area contributed by atoms with Crippen molar-refractivity contribution in [1.29, 1.82) is 0 Å². The summed E-state index contributed by atoms with van der Waals surface area (Å²) >= 11 is 7.81. The van der Waals surface area contributed by atoms with E-state index in [1.54, 1.807) is 0 Å². The van der Waals surface area contributed by atoms with Gasteiger partial charge in [-0.25, -0.2) is 0 Å². The number of anilines is 1. The van der Waals surface area contributed by atoms with E-state index in [2.05, 4.69) is 37.4 Å². The number of halogens is 1. The zero-order chi connectivity index (χ0) is 14.4. The zero-order valence-corrected chi connectivity index (χ0v) is 13.5. The van der Waals surface area contributed by atoms with Gasteiger partial charge in [-0.2, -0.15) is 11.8 Å². The van der Waals surface area contributed by atoms with Crippen molar-refractivity contribution in [3.63, 3.8) is 0 Å². The van der Waals surface area contributed by atoms with Crippen LogP contribution in [0.25, 0.3) is 0 Å². The molecule has 0 fully saturated rings. The fraction of sp³-hybridized carbons (Fsp3) is 0.294. The summed E-state index contributed by atoms with van der Waals surface area (Å²) in [6.07, 6.45) is 0. The molecule has 0 unspecified atom stereocenters. The Kier molecular flexibility index (Phi) is 5.81. The van der Waals surface area contributed by atoms with Crippen LogP contribution in [-0.2, 0) is 5.75 Å². The minimum absolute atomic E-state index is 0.778. The number of thioether (sulfide) groups is 1. The fourth-order valence-corrected chi connectivity index (χ4v) is 3.10. The van der Waals surface area contributed by atoms with Crippen molar-refractivity contribution < 1.29 is 0 Å². The highest BCUT2D eigenvalue weighted by molar-refractivity contribution is 7.98. The Labute approximate surface area is 130 Å². The topological polar surface area (TPSA) is 12.0 Å². The molecule has 0 spiro atoms. The van der Waals surface area contributed by atoms with Crippen molar-refractivity contribution in [2.45, 2.75) is 19.6 Å². The number of aryl methyl sites for hydroxylation is 2. The molecule has 0 radical (unpaired) electrons. The Morgan fingerprint density at radius 1 is 1.00 bits per heavy atom. The maximum atomic E-state index is 5.86. The van der Waals surface area contributed by atoms with Crippen LogP contribution in [0.1, 0.15) is 16.7 Å². The molecule has 0 aliphatic carbocycles. The molecule has 3 heteroatoms. The fourth-order valence-electron chi connectivity index (χ4n) is 2.18. The van der Waals surface area contributed by atoms with E-state index in [9.17, 15) is 0 Å². The van der Waals surface area contributed by atoms with Crippen LogP contribution in [0.15, 0.2) is 42.5 Å². The lowest BCUT2D eigenvalue weighted by atomic mass is 10.1. The molecular weight excluding hydrogens is 286 g/mol. The van der Waals surface area contributed by atoms with E-state index in [4.69, 9.17) is 11.6 Å². The van der Waals surface area contributed by atoms with Crippen molar-refractivity contribution in [1.82, 2.24) is 0 Å². The van der Waals surface area contributed by atoms with Crippen LogP contribution >= 0.6 is 23.4 Å². The maximum Gasteiger partial charge on any atom is 0.0407 e. The lowest BCUT2D eigenvalue weighted by Crippen LogP contribution is -2.04. The van der Waals surface area contributed by atoms with E-state index in [-0.39, 0.29) is 0 Å². The van der Waals surface area contributed by atoms with Gasteiger partial charge in [0, 0.05) is 28.8 Å². The van der Waals surface area contributed by atoms with Gasteiger partial charge in [-0.3, -0.25) is 0 Å². The predicted molar refractivity (Wildman–Crippen MR) is 92.0 cm³/mol. The Morgan fingerprint density at radius 3 is 2.30 bits per heavy atom. The zero-order valence-electron chi connectivity index (χ0n) is 11.9. The first-order valence-corrected chi connectivity index (χ1v) is 8.31. The molecule has 1 N–H and O–H groups in total. The van der Waals surface area contributed by atoms with Gasteiger partial charge in [0.05, 0.1) is 0 Å². The van der Waals surface area contributed by atoms with Gasteiger partial charge in [0.25, 0.3) is 0 Å². The molecule has 2 aromatic carbocycles. The van der Waals surface area contributed by atoms with Gasteiger partial charge in [-0.1, -0.05) is 40.9 Å². The third kappa shape index (κ3) is 5.10. The summed E-state index contributed by atoms with van der Waals surface area (Å²) in [5.74, 6) is 2.17. The summed E-state index contributed by atoms with van der Waals surface area (Å²) in [5, 5.41) is 4.18. The second kappa shape index (κ2) is 7.61. The van der Waals surface area contributed by atoms with Crippen molar-refractivity contribution in [2.75, 3.05) is 17.6 Å². The number of hydrogen-bond donors (Lipinski definition) is 1. The summed E-state index contributed by atoms with van der Waals surface area (Å²) in [6.45, 7) is 5.28. The molecule has 106 valence electrons. The highest BCUT2D eigenvalue weighted by Gasteiger charge is 1.97. The van der Waals surface area contributed by atoms with Crippen LogP contribution in [0.5, 0.6) is 0 Å². The summed E-state index contributed by atoms with van der Waals surface area (Å²) in [5.41, 5.74) is 5.24. The molecule has 2 aromatic rings. The van der Waals surface area contributed by atoms with Crippen molar-refractivity contribution in [3.8, 4) is 0 Å². The van der Waals surface area contributed by atoms with Gasteiger partial charge >= 0.3 is 0 Å². The van der Waals surface area contributed by atoms with E-state index < -0.39 is 0 Å². The summed E-state index contributed by atoms with van der Waals surface area (Å²) in [4.78, 5) is 0. The second-order valence-corrected chi connectivity index (χ2v) is 6.52. The molecule has 0 aliphatic heterocycles. The maximum absolute atomic E-state index is 5.86. The number of nitrogens with one attached hydrogen (secondary N) is 1. The van der Waals surface area contributed by atoms with Crippen LogP contribution in [-0.4, -0.2) is 12.3 Å². The number of rotatable bonds is 6. The van der Waals surface area contributed by atoms with E-state index in [0.29, 0.717) is 0 Å². The molecule has 0 bridgehead atoms. The third-order valence-electron chi connectivity index (χ3n) is 2.97. The van der Waals surface area contributed by atoms with Crippen LogP contribution < -0.4 is 5.32 Å². The lowest BCUT2D eigenvalue weighted by Gasteiger charge is -2.07. The monoisotopic (exact) mass is 305 g/mol. The normalized spacial score (nSPS) is 10.6. The first-order chi connectivity index (χ1) is 9.63. The minimum Gasteiger partial charge on any atom is -0.384 e. The predicted octanol–water partition coefficient (Wildman–Crippen LogP) is 5.30. The molecule has 2 rings (SSSR count). The van der Waals surface area contributed by atoms with Gasteiger partial charge in [0.15, 0.2) is 0 Å². The van der Waals surface area contributed by atoms with Crippen molar-refractivity contribution in [3.05, 3.63) is 64.2 Å². The average Bonchev–Trinajstić information content (AvgIpc) is 2.39. The quantitative estimate of drug-likeness (QED) is 0.727. The number of benzene rings is 2. The average molecular weight is 306 g/mol. The lowest BCUT2D eigenvalue weighted by molar-refractivity contribution is 1.22. The molecule has 0 aromatic heterocycles. The Bertz CT molecular complexity index is 531. The van der Waals surface area contributed by atoms with E-state index >= 15 is 0 Å². The van der Waals surface area contributed by atoms with Crippen LogP contribution in [0.4, 0.5) is 5.69 Å². The minimum atomic E-state index is 0.778. The van der Waals surface area contributed by atoms with Crippen molar-refractivity contribution >= 4 is 29.1 Å². The summed E-state index contributed by atoms with van der Waals surface area (Å²) in [6, 6.07) is 14.6. The van der Waals surface area contributed by atoms with Gasteiger partial charge in [-0.05, 0) is 43.7 Å². The van der Waals surface area contributed by atoms with E-state index in [0.717, 1.165) is 28.8 Å². The molecule has 20 heavy (non-hydrogen) atoms. The van der Waals surface area contributed by atoms with Gasteiger partial charge in [-0.15, -0.1) is 0 Å². The molecular formula is C17H20ClNS. The summed E-state index contributed by atoms with van der Waals surface area (Å²) < 4.78 is 0. The Morgan fingerprint density at radius 2 is 1.65 bits per heavy atom. The van der Waals surface area contributed by atoms with E-state index in [1.165, 1.54) is 16.7 Å². The molecule has 0 heterocycles.